The molecule has 0 saturated heterocycles. The molecule has 0 unspecified atom stereocenters. The Bertz CT molecular complexity index is 495. The number of nitrogens with two attached hydrogens (primary N) is 1. The van der Waals surface area contributed by atoms with Crippen LogP contribution in [0, 0.1) is 13.8 Å². The fraction of sp³-hybridized carbons (Fsp3) is 0.400. The number of nitrogens with one attached hydrogen (secondary N) is 1. The molecule has 16 heavy (non-hydrogen) atoms. The lowest BCUT2D eigenvalue weighted by Gasteiger charge is -2.16. The average Bonchev–Trinajstić information content (AvgIpc) is 2.13. The average molecular weight is 243 g/mol. The molecule has 0 aliphatic rings. The highest BCUT2D eigenvalue weighted by atomic mass is 32.2. The van der Waals surface area contributed by atoms with Gasteiger partial charge in [-0.1, -0.05) is 6.07 Å². The third-order valence-corrected chi connectivity index (χ3v) is 3.77. The minimum atomic E-state index is -3.48. The van der Waals surface area contributed by atoms with E-state index in [1.165, 1.54) is 14.1 Å². The lowest BCUT2D eigenvalue weighted by molar-refractivity contribution is 0.527. The van der Waals surface area contributed by atoms with Crippen LogP contribution in [-0.2, 0) is 10.2 Å². The molecular formula is C10H17N3O2S. The summed E-state index contributed by atoms with van der Waals surface area (Å²) in [5.41, 5.74) is 8.60. The minimum Gasteiger partial charge on any atom is -0.398 e. The normalized spacial score (nSPS) is 11.8. The molecule has 0 fully saturated rings. The number of anilines is 2. The smallest absolute Gasteiger partial charge is 0.301 e. The summed E-state index contributed by atoms with van der Waals surface area (Å²) >= 11 is 0. The van der Waals surface area contributed by atoms with Crippen molar-refractivity contribution in [1.29, 1.82) is 0 Å². The van der Waals surface area contributed by atoms with Gasteiger partial charge in [-0.2, -0.15) is 12.7 Å². The lowest BCUT2D eigenvalue weighted by Crippen LogP contribution is -2.29. The van der Waals surface area contributed by atoms with Crippen LogP contribution in [0.2, 0.25) is 0 Å². The molecule has 0 amide bonds. The highest BCUT2D eigenvalue weighted by Gasteiger charge is 2.14. The second kappa shape index (κ2) is 4.31. The molecule has 0 bridgehead atoms. The van der Waals surface area contributed by atoms with Gasteiger partial charge in [-0.3, -0.25) is 4.72 Å². The molecule has 6 heteroatoms. The summed E-state index contributed by atoms with van der Waals surface area (Å²) in [7, 11) is -0.541. The Morgan fingerprint density at radius 3 is 2.25 bits per heavy atom. The predicted octanol–water partition coefficient (Wildman–Crippen LogP) is 1.10. The van der Waals surface area contributed by atoms with E-state index in [1.54, 1.807) is 6.07 Å². The van der Waals surface area contributed by atoms with Crippen molar-refractivity contribution in [2.24, 2.45) is 0 Å². The van der Waals surface area contributed by atoms with Gasteiger partial charge in [-0.05, 0) is 31.0 Å². The van der Waals surface area contributed by atoms with Gasteiger partial charge >= 0.3 is 10.2 Å². The van der Waals surface area contributed by atoms with Crippen LogP contribution in [0.15, 0.2) is 12.1 Å². The van der Waals surface area contributed by atoms with Crippen molar-refractivity contribution in [2.45, 2.75) is 13.8 Å². The summed E-state index contributed by atoms with van der Waals surface area (Å²) in [5, 5.41) is 0. The number of aryl methyl sites for hydroxylation is 2. The van der Waals surface area contributed by atoms with Gasteiger partial charge in [0.1, 0.15) is 0 Å². The van der Waals surface area contributed by atoms with Gasteiger partial charge in [0.25, 0.3) is 0 Å². The van der Waals surface area contributed by atoms with Crippen molar-refractivity contribution >= 4 is 21.6 Å². The van der Waals surface area contributed by atoms with Crippen LogP contribution in [0.4, 0.5) is 11.4 Å². The Kier molecular flexibility index (Phi) is 3.44. The summed E-state index contributed by atoms with van der Waals surface area (Å²) in [6, 6.07) is 3.48. The molecule has 0 spiro atoms. The Morgan fingerprint density at radius 1 is 1.19 bits per heavy atom. The largest absolute Gasteiger partial charge is 0.398 e. The molecular weight excluding hydrogens is 226 g/mol. The zero-order valence-electron chi connectivity index (χ0n) is 9.90. The first kappa shape index (κ1) is 12.8. The second-order valence-electron chi connectivity index (χ2n) is 3.91. The fourth-order valence-electron chi connectivity index (χ4n) is 1.21. The lowest BCUT2D eigenvalue weighted by atomic mass is 10.1. The molecule has 90 valence electrons. The number of nitrogens with zero attached hydrogens (tertiary/aromatic N) is 1. The van der Waals surface area contributed by atoms with Gasteiger partial charge in [-0.25, -0.2) is 0 Å². The van der Waals surface area contributed by atoms with Crippen molar-refractivity contribution in [3.05, 3.63) is 23.3 Å². The van der Waals surface area contributed by atoms with Gasteiger partial charge in [0.15, 0.2) is 0 Å². The zero-order valence-corrected chi connectivity index (χ0v) is 10.7. The van der Waals surface area contributed by atoms with Crippen molar-refractivity contribution in [3.8, 4) is 0 Å². The molecule has 1 aromatic carbocycles. The summed E-state index contributed by atoms with van der Waals surface area (Å²) < 4.78 is 26.8. The molecule has 1 aromatic rings. The van der Waals surface area contributed by atoms with E-state index in [2.05, 4.69) is 4.72 Å². The maximum Gasteiger partial charge on any atom is 0.301 e. The van der Waals surface area contributed by atoms with E-state index in [0.717, 1.165) is 15.4 Å². The minimum absolute atomic E-state index is 0.511. The first-order valence-electron chi connectivity index (χ1n) is 4.81. The van der Waals surface area contributed by atoms with Crippen molar-refractivity contribution in [3.63, 3.8) is 0 Å². The summed E-state index contributed by atoms with van der Waals surface area (Å²) in [6.45, 7) is 3.71. The van der Waals surface area contributed by atoms with Crippen LogP contribution in [0.5, 0.6) is 0 Å². The number of nitrogen functional groups attached to an aromatic ring is 1. The maximum absolute atomic E-state index is 11.6. The molecule has 0 radical (unpaired) electrons. The molecule has 0 aliphatic carbocycles. The summed E-state index contributed by atoms with van der Waals surface area (Å²) in [5.74, 6) is 0. The third kappa shape index (κ3) is 2.65. The van der Waals surface area contributed by atoms with E-state index < -0.39 is 10.2 Å². The highest BCUT2D eigenvalue weighted by Crippen LogP contribution is 2.23. The Morgan fingerprint density at radius 2 is 1.75 bits per heavy atom. The third-order valence-electron chi connectivity index (χ3n) is 2.33. The highest BCUT2D eigenvalue weighted by molar-refractivity contribution is 7.90. The Hall–Kier alpha value is -1.27. The van der Waals surface area contributed by atoms with E-state index in [4.69, 9.17) is 5.73 Å². The first-order chi connectivity index (χ1) is 7.24. The molecule has 5 nitrogen and oxygen atoms in total. The number of benzene rings is 1. The molecule has 1 rings (SSSR count). The van der Waals surface area contributed by atoms with Crippen LogP contribution in [0.3, 0.4) is 0 Å². The molecule has 0 atom stereocenters. The van der Waals surface area contributed by atoms with Crippen molar-refractivity contribution in [1.82, 2.24) is 4.31 Å². The van der Waals surface area contributed by atoms with Gasteiger partial charge < -0.3 is 5.73 Å². The topological polar surface area (TPSA) is 75.4 Å². The van der Waals surface area contributed by atoms with Crippen LogP contribution in [0.25, 0.3) is 0 Å². The van der Waals surface area contributed by atoms with Crippen LogP contribution < -0.4 is 10.5 Å². The second-order valence-corrected chi connectivity index (χ2v) is 5.80. The van der Waals surface area contributed by atoms with Crippen LogP contribution in [0.1, 0.15) is 11.1 Å². The van der Waals surface area contributed by atoms with E-state index in [-0.39, 0.29) is 0 Å². The van der Waals surface area contributed by atoms with Gasteiger partial charge in [0.2, 0.25) is 0 Å². The number of rotatable bonds is 3. The Labute approximate surface area is 96.4 Å². The maximum atomic E-state index is 11.6. The molecule has 0 aromatic heterocycles. The molecule has 0 aliphatic heterocycles. The number of hydrogen-bond acceptors (Lipinski definition) is 3. The SMILES string of the molecule is Cc1cc(C)c(NS(=O)(=O)N(C)C)cc1N. The zero-order chi connectivity index (χ0) is 12.5. The van der Waals surface area contributed by atoms with Gasteiger partial charge in [0, 0.05) is 19.8 Å². The summed E-state index contributed by atoms with van der Waals surface area (Å²) in [6.07, 6.45) is 0. The van der Waals surface area contributed by atoms with Crippen LogP contribution in [-0.4, -0.2) is 26.8 Å². The Balaban J connectivity index is 3.13. The molecule has 0 heterocycles. The predicted molar refractivity (Wildman–Crippen MR) is 66.6 cm³/mol. The fourth-order valence-corrected chi connectivity index (χ4v) is 1.89. The van der Waals surface area contributed by atoms with Gasteiger partial charge in [-0.15, -0.1) is 0 Å². The quantitative estimate of drug-likeness (QED) is 0.781. The van der Waals surface area contributed by atoms with Crippen molar-refractivity contribution < 1.29 is 8.42 Å². The number of hydrogen-bond donors (Lipinski definition) is 2. The summed E-state index contributed by atoms with van der Waals surface area (Å²) in [4.78, 5) is 0. The van der Waals surface area contributed by atoms with E-state index in [9.17, 15) is 8.42 Å². The van der Waals surface area contributed by atoms with E-state index in [0.29, 0.717) is 11.4 Å². The van der Waals surface area contributed by atoms with Crippen LogP contribution >= 0.6 is 0 Å². The van der Waals surface area contributed by atoms with Crippen molar-refractivity contribution in [2.75, 3.05) is 24.6 Å². The van der Waals surface area contributed by atoms with Gasteiger partial charge in [0.05, 0.1) is 5.69 Å². The first-order valence-corrected chi connectivity index (χ1v) is 6.25. The standard InChI is InChI=1S/C10H17N3O2S/c1-7-5-8(2)10(6-9(7)11)12-16(14,15)13(3)4/h5-6,12H,11H2,1-4H3. The molecule has 0 saturated carbocycles. The van der Waals surface area contributed by atoms with E-state index >= 15 is 0 Å². The van der Waals surface area contributed by atoms with E-state index in [1.807, 2.05) is 19.9 Å². The monoisotopic (exact) mass is 243 g/mol. The molecule has 3 N–H and O–H groups in total.